The first-order valence-corrected chi connectivity index (χ1v) is 8.34. The molecule has 0 amide bonds. The lowest BCUT2D eigenvalue weighted by atomic mass is 10.3. The van der Waals surface area contributed by atoms with Crippen LogP contribution in [0.5, 0.6) is 5.75 Å². The van der Waals surface area contributed by atoms with Crippen molar-refractivity contribution in [2.45, 2.75) is 10.9 Å². The highest BCUT2D eigenvalue weighted by molar-refractivity contribution is 7.98. The van der Waals surface area contributed by atoms with E-state index in [2.05, 4.69) is 15.2 Å². The molecule has 2 aromatic heterocycles. The Morgan fingerprint density at radius 2 is 2.08 bits per heavy atom. The number of hydrogen-bond acceptors (Lipinski definition) is 6. The fourth-order valence-corrected chi connectivity index (χ4v) is 3.14. The SMILES string of the molecule is COc1cccc(-n2cnnc2SCc2nc3ccccc3o2)c1. The Morgan fingerprint density at radius 1 is 1.17 bits per heavy atom. The van der Waals surface area contributed by atoms with Crippen molar-refractivity contribution < 1.29 is 9.15 Å². The van der Waals surface area contributed by atoms with Crippen LogP contribution in [0.1, 0.15) is 5.89 Å². The number of methoxy groups -OCH3 is 1. The highest BCUT2D eigenvalue weighted by atomic mass is 32.2. The van der Waals surface area contributed by atoms with Crippen molar-refractivity contribution in [3.05, 3.63) is 60.7 Å². The maximum Gasteiger partial charge on any atom is 0.205 e. The highest BCUT2D eigenvalue weighted by Gasteiger charge is 2.11. The van der Waals surface area contributed by atoms with Gasteiger partial charge in [-0.3, -0.25) is 4.57 Å². The molecule has 6 nitrogen and oxygen atoms in total. The van der Waals surface area contributed by atoms with E-state index in [1.54, 1.807) is 13.4 Å². The van der Waals surface area contributed by atoms with E-state index in [9.17, 15) is 0 Å². The summed E-state index contributed by atoms with van der Waals surface area (Å²) in [7, 11) is 1.65. The molecule has 4 aromatic rings. The average Bonchev–Trinajstić information content (AvgIpc) is 3.26. The molecule has 0 radical (unpaired) electrons. The summed E-state index contributed by atoms with van der Waals surface area (Å²) in [4.78, 5) is 4.48. The van der Waals surface area contributed by atoms with Gasteiger partial charge in [-0.1, -0.05) is 30.0 Å². The number of thioether (sulfide) groups is 1. The van der Waals surface area contributed by atoms with E-state index in [4.69, 9.17) is 9.15 Å². The zero-order valence-electron chi connectivity index (χ0n) is 12.9. The van der Waals surface area contributed by atoms with Crippen LogP contribution in [0.3, 0.4) is 0 Å². The molecule has 4 rings (SSSR count). The van der Waals surface area contributed by atoms with Crippen molar-refractivity contribution in [1.29, 1.82) is 0 Å². The van der Waals surface area contributed by atoms with Crippen molar-refractivity contribution in [2.24, 2.45) is 0 Å². The summed E-state index contributed by atoms with van der Waals surface area (Å²) in [6.07, 6.45) is 1.68. The Morgan fingerprint density at radius 3 is 2.96 bits per heavy atom. The van der Waals surface area contributed by atoms with E-state index in [0.29, 0.717) is 11.6 Å². The second-order valence-corrected chi connectivity index (χ2v) is 5.99. The van der Waals surface area contributed by atoms with Crippen molar-refractivity contribution in [2.75, 3.05) is 7.11 Å². The Kier molecular flexibility index (Phi) is 3.92. The topological polar surface area (TPSA) is 66.0 Å². The number of hydrogen-bond donors (Lipinski definition) is 0. The molecule has 0 atom stereocenters. The molecule has 0 unspecified atom stereocenters. The van der Waals surface area contributed by atoms with Crippen LogP contribution in [0.4, 0.5) is 0 Å². The van der Waals surface area contributed by atoms with E-state index >= 15 is 0 Å². The molecule has 2 aromatic carbocycles. The summed E-state index contributed by atoms with van der Waals surface area (Å²) in [5, 5.41) is 8.96. The monoisotopic (exact) mass is 338 g/mol. The van der Waals surface area contributed by atoms with Gasteiger partial charge in [0.2, 0.25) is 5.89 Å². The second kappa shape index (κ2) is 6.37. The summed E-state index contributed by atoms with van der Waals surface area (Å²) in [5.41, 5.74) is 2.60. The zero-order valence-corrected chi connectivity index (χ0v) is 13.7. The van der Waals surface area contributed by atoms with E-state index in [0.717, 1.165) is 27.7 Å². The molecule has 0 spiro atoms. The van der Waals surface area contributed by atoms with Crippen LogP contribution in [-0.2, 0) is 5.75 Å². The van der Waals surface area contributed by atoms with Crippen LogP contribution in [0.2, 0.25) is 0 Å². The minimum atomic E-state index is 0.581. The molecule has 0 saturated heterocycles. The van der Waals surface area contributed by atoms with Crippen molar-refractivity contribution >= 4 is 22.9 Å². The van der Waals surface area contributed by atoms with E-state index in [1.165, 1.54) is 11.8 Å². The van der Waals surface area contributed by atoms with Crippen LogP contribution >= 0.6 is 11.8 Å². The fourth-order valence-electron chi connectivity index (χ4n) is 2.37. The first kappa shape index (κ1) is 14.8. The van der Waals surface area contributed by atoms with E-state index < -0.39 is 0 Å². The minimum Gasteiger partial charge on any atom is -0.497 e. The normalized spacial score (nSPS) is 11.0. The number of nitrogens with zero attached hydrogens (tertiary/aromatic N) is 4. The Labute approximate surface area is 142 Å². The Bertz CT molecular complexity index is 946. The maximum atomic E-state index is 5.74. The third kappa shape index (κ3) is 2.85. The second-order valence-electron chi connectivity index (χ2n) is 5.05. The molecule has 0 aliphatic carbocycles. The van der Waals surface area contributed by atoms with E-state index in [-0.39, 0.29) is 0 Å². The van der Waals surface area contributed by atoms with Crippen molar-refractivity contribution in [3.63, 3.8) is 0 Å². The predicted octanol–water partition coefficient (Wildman–Crippen LogP) is 3.71. The van der Waals surface area contributed by atoms with Gasteiger partial charge in [0, 0.05) is 6.07 Å². The lowest BCUT2D eigenvalue weighted by molar-refractivity contribution is 0.414. The van der Waals surface area contributed by atoms with Crippen LogP contribution in [-0.4, -0.2) is 26.9 Å². The summed E-state index contributed by atoms with van der Waals surface area (Å²) in [5.74, 6) is 2.04. The van der Waals surface area contributed by atoms with Gasteiger partial charge in [-0.2, -0.15) is 0 Å². The Hall–Kier alpha value is -2.80. The number of rotatable bonds is 5. The quantitative estimate of drug-likeness (QED) is 0.517. The molecular formula is C17H14N4O2S. The number of fused-ring (bicyclic) bond motifs is 1. The summed E-state index contributed by atoms with van der Waals surface area (Å²) < 4.78 is 12.9. The number of para-hydroxylation sites is 2. The van der Waals surface area contributed by atoms with Crippen LogP contribution in [0.25, 0.3) is 16.8 Å². The molecular weight excluding hydrogens is 324 g/mol. The van der Waals surface area contributed by atoms with Gasteiger partial charge in [-0.25, -0.2) is 4.98 Å². The maximum absolute atomic E-state index is 5.74. The molecule has 0 N–H and O–H groups in total. The van der Waals surface area contributed by atoms with Crippen LogP contribution < -0.4 is 4.74 Å². The fraction of sp³-hybridized carbons (Fsp3) is 0.118. The standard InChI is InChI=1S/C17H14N4O2S/c1-22-13-6-4-5-12(9-13)21-11-18-20-17(21)24-10-16-19-14-7-2-3-8-15(14)23-16/h2-9,11H,10H2,1H3. The zero-order chi connectivity index (χ0) is 16.4. The largest absolute Gasteiger partial charge is 0.497 e. The summed E-state index contributed by atoms with van der Waals surface area (Å²) in [6, 6.07) is 15.5. The first-order chi connectivity index (χ1) is 11.8. The van der Waals surface area contributed by atoms with Crippen molar-refractivity contribution in [3.8, 4) is 11.4 Å². The molecule has 0 saturated carbocycles. The number of ether oxygens (including phenoxy) is 1. The number of aromatic nitrogens is 4. The average molecular weight is 338 g/mol. The van der Waals surface area contributed by atoms with Gasteiger partial charge in [-0.05, 0) is 24.3 Å². The molecule has 0 bridgehead atoms. The molecule has 24 heavy (non-hydrogen) atoms. The van der Waals surface area contributed by atoms with Gasteiger partial charge < -0.3 is 9.15 Å². The molecule has 2 heterocycles. The lowest BCUT2D eigenvalue weighted by Gasteiger charge is -2.07. The lowest BCUT2D eigenvalue weighted by Crippen LogP contribution is -1.96. The van der Waals surface area contributed by atoms with Crippen molar-refractivity contribution in [1.82, 2.24) is 19.7 Å². The van der Waals surface area contributed by atoms with Crippen LogP contribution in [0.15, 0.2) is 64.4 Å². The van der Waals surface area contributed by atoms with Gasteiger partial charge in [0.1, 0.15) is 17.6 Å². The molecule has 0 fully saturated rings. The van der Waals surface area contributed by atoms with Gasteiger partial charge >= 0.3 is 0 Å². The molecule has 0 aliphatic rings. The molecule has 120 valence electrons. The predicted molar refractivity (Wildman–Crippen MR) is 91.5 cm³/mol. The number of oxazole rings is 1. The van der Waals surface area contributed by atoms with Crippen LogP contribution in [0, 0.1) is 0 Å². The number of benzene rings is 2. The molecule has 7 heteroatoms. The van der Waals surface area contributed by atoms with E-state index in [1.807, 2.05) is 53.1 Å². The molecule has 0 aliphatic heterocycles. The van der Waals surface area contributed by atoms with Gasteiger partial charge in [-0.15, -0.1) is 10.2 Å². The van der Waals surface area contributed by atoms with Gasteiger partial charge in [0.15, 0.2) is 10.7 Å². The summed E-state index contributed by atoms with van der Waals surface area (Å²) >= 11 is 1.52. The summed E-state index contributed by atoms with van der Waals surface area (Å²) in [6.45, 7) is 0. The minimum absolute atomic E-state index is 0.581. The smallest absolute Gasteiger partial charge is 0.205 e. The first-order valence-electron chi connectivity index (χ1n) is 7.35. The third-order valence-electron chi connectivity index (χ3n) is 3.51. The third-order valence-corrected chi connectivity index (χ3v) is 4.44. The highest BCUT2D eigenvalue weighted by Crippen LogP contribution is 2.26. The van der Waals surface area contributed by atoms with Gasteiger partial charge in [0.25, 0.3) is 0 Å². The Balaban J connectivity index is 1.56. The van der Waals surface area contributed by atoms with Gasteiger partial charge in [0.05, 0.1) is 18.6 Å².